The number of rotatable bonds is 6. The number of carbonyl (C=O) groups excluding carboxylic acids is 1. The normalized spacial score (nSPS) is 10.6. The van der Waals surface area contributed by atoms with Crippen molar-refractivity contribution in [2.45, 2.75) is 26.8 Å². The van der Waals surface area contributed by atoms with Gasteiger partial charge in [-0.25, -0.2) is 4.39 Å². The Morgan fingerprint density at radius 2 is 1.91 bits per heavy atom. The minimum atomic E-state index is -1.13. The molecule has 1 aromatic carbocycles. The molecule has 0 atom stereocenters. The van der Waals surface area contributed by atoms with E-state index >= 15 is 0 Å². The van der Waals surface area contributed by atoms with Gasteiger partial charge in [-0.15, -0.1) is 0 Å². The Morgan fingerprint density at radius 1 is 1.26 bits per heavy atom. The highest BCUT2D eigenvalue weighted by molar-refractivity contribution is 5.93. The molecule has 122 valence electrons. The number of amides is 1. The van der Waals surface area contributed by atoms with Crippen molar-refractivity contribution in [1.82, 2.24) is 4.90 Å². The molecule has 0 bridgehead atoms. The van der Waals surface area contributed by atoms with Gasteiger partial charge in [-0.2, -0.15) is 0 Å². The summed E-state index contributed by atoms with van der Waals surface area (Å²) in [6, 6.07) is 7.18. The molecule has 0 fully saturated rings. The van der Waals surface area contributed by atoms with E-state index in [0.29, 0.717) is 17.7 Å². The first-order valence-electron chi connectivity index (χ1n) is 7.25. The lowest BCUT2D eigenvalue weighted by Gasteiger charge is -2.19. The van der Waals surface area contributed by atoms with Crippen LogP contribution < -0.4 is 0 Å². The zero-order valence-electron chi connectivity index (χ0n) is 13.0. The summed E-state index contributed by atoms with van der Waals surface area (Å²) in [6.45, 7) is 3.35. The topological polar surface area (TPSA) is 70.8 Å². The molecule has 1 aromatic heterocycles. The first-order valence-corrected chi connectivity index (χ1v) is 7.25. The minimum absolute atomic E-state index is 0.0621. The zero-order valence-corrected chi connectivity index (χ0v) is 13.0. The van der Waals surface area contributed by atoms with E-state index in [-0.39, 0.29) is 18.1 Å². The molecule has 5 nitrogen and oxygen atoms in total. The van der Waals surface area contributed by atoms with E-state index in [1.165, 1.54) is 24.3 Å². The van der Waals surface area contributed by atoms with Crippen LogP contribution in [0.1, 0.15) is 34.4 Å². The number of carboxylic acid groups (broad SMARTS) is 1. The van der Waals surface area contributed by atoms with E-state index in [0.717, 1.165) is 10.5 Å². The Labute approximate surface area is 133 Å². The summed E-state index contributed by atoms with van der Waals surface area (Å²) >= 11 is 0. The number of hydrogen-bond donors (Lipinski definition) is 1. The molecule has 1 heterocycles. The van der Waals surface area contributed by atoms with Gasteiger partial charge in [-0.3, -0.25) is 9.59 Å². The lowest BCUT2D eigenvalue weighted by Crippen LogP contribution is -2.35. The van der Waals surface area contributed by atoms with Crippen LogP contribution in [0, 0.1) is 12.7 Å². The average Bonchev–Trinajstić information content (AvgIpc) is 2.88. The summed E-state index contributed by atoms with van der Waals surface area (Å²) in [6.07, 6.45) is 0.649. The fraction of sp³-hybridized carbons (Fsp3) is 0.294. The summed E-state index contributed by atoms with van der Waals surface area (Å²) in [5.41, 5.74) is 1.49. The van der Waals surface area contributed by atoms with Gasteiger partial charge in [0, 0.05) is 13.0 Å². The third kappa shape index (κ3) is 4.18. The van der Waals surface area contributed by atoms with Crippen molar-refractivity contribution < 1.29 is 23.5 Å². The summed E-state index contributed by atoms with van der Waals surface area (Å²) in [4.78, 5) is 24.7. The third-order valence-corrected chi connectivity index (χ3v) is 3.45. The third-order valence-electron chi connectivity index (χ3n) is 3.45. The largest absolute Gasteiger partial charge is 0.480 e. The van der Waals surface area contributed by atoms with Gasteiger partial charge in [0.05, 0.1) is 0 Å². The number of hydrogen-bond acceptors (Lipinski definition) is 3. The molecule has 0 aliphatic heterocycles. The predicted molar refractivity (Wildman–Crippen MR) is 81.6 cm³/mol. The molecule has 0 aliphatic carbocycles. The van der Waals surface area contributed by atoms with Gasteiger partial charge in [-0.05, 0) is 36.2 Å². The van der Waals surface area contributed by atoms with Crippen molar-refractivity contribution in [3.8, 4) is 0 Å². The van der Waals surface area contributed by atoms with Crippen LogP contribution in [0.2, 0.25) is 0 Å². The van der Waals surface area contributed by atoms with E-state index in [4.69, 9.17) is 9.52 Å². The van der Waals surface area contributed by atoms with E-state index in [1.807, 2.05) is 13.8 Å². The zero-order chi connectivity index (χ0) is 17.0. The SMILES string of the molecule is CCc1oc(C(=O)N(CC(=O)O)Cc2ccc(F)cc2)cc1C. The fourth-order valence-electron chi connectivity index (χ4n) is 2.31. The molecular weight excluding hydrogens is 301 g/mol. The molecule has 0 radical (unpaired) electrons. The molecule has 2 rings (SSSR count). The molecule has 6 heteroatoms. The lowest BCUT2D eigenvalue weighted by atomic mass is 10.2. The number of carbonyl (C=O) groups is 2. The Hall–Kier alpha value is -2.63. The number of benzene rings is 1. The molecular formula is C17H18FNO4. The Bertz CT molecular complexity index is 706. The van der Waals surface area contributed by atoms with E-state index in [2.05, 4.69) is 0 Å². The van der Waals surface area contributed by atoms with Crippen LogP contribution in [0.4, 0.5) is 4.39 Å². The van der Waals surface area contributed by atoms with Crippen molar-refractivity contribution in [3.63, 3.8) is 0 Å². The van der Waals surface area contributed by atoms with Gasteiger partial charge in [0.2, 0.25) is 0 Å². The van der Waals surface area contributed by atoms with Crippen molar-refractivity contribution in [2.75, 3.05) is 6.54 Å². The van der Waals surface area contributed by atoms with Gasteiger partial charge < -0.3 is 14.4 Å². The minimum Gasteiger partial charge on any atom is -0.480 e. The van der Waals surface area contributed by atoms with Gasteiger partial charge >= 0.3 is 5.97 Å². The predicted octanol–water partition coefficient (Wildman–Crippen LogP) is 3.02. The van der Waals surface area contributed by atoms with Gasteiger partial charge in [0.15, 0.2) is 5.76 Å². The molecule has 0 spiro atoms. The number of nitrogens with zero attached hydrogens (tertiary/aromatic N) is 1. The molecule has 0 unspecified atom stereocenters. The molecule has 2 aromatic rings. The Morgan fingerprint density at radius 3 is 2.43 bits per heavy atom. The Kier molecular flexibility index (Phi) is 5.16. The number of aliphatic carboxylic acids is 1. The van der Waals surface area contributed by atoms with Gasteiger partial charge in [0.1, 0.15) is 18.1 Å². The number of halogens is 1. The molecule has 1 amide bonds. The molecule has 1 N–H and O–H groups in total. The van der Waals surface area contributed by atoms with Gasteiger partial charge in [0.25, 0.3) is 5.91 Å². The average molecular weight is 319 g/mol. The number of carboxylic acids is 1. The molecule has 0 aliphatic rings. The van der Waals surface area contributed by atoms with Crippen molar-refractivity contribution in [1.29, 1.82) is 0 Å². The summed E-state index contributed by atoms with van der Waals surface area (Å²) < 4.78 is 18.5. The number of aryl methyl sites for hydroxylation is 2. The second-order valence-electron chi connectivity index (χ2n) is 5.25. The fourth-order valence-corrected chi connectivity index (χ4v) is 2.31. The van der Waals surface area contributed by atoms with Gasteiger partial charge in [-0.1, -0.05) is 19.1 Å². The first kappa shape index (κ1) is 16.7. The molecule has 0 saturated carbocycles. The van der Waals surface area contributed by atoms with Crippen LogP contribution >= 0.6 is 0 Å². The number of furan rings is 1. The van der Waals surface area contributed by atoms with Crippen molar-refractivity contribution in [2.24, 2.45) is 0 Å². The van der Waals surface area contributed by atoms with Crippen LogP contribution in [0.3, 0.4) is 0 Å². The van der Waals surface area contributed by atoms with Crippen molar-refractivity contribution in [3.05, 3.63) is 58.8 Å². The highest BCUT2D eigenvalue weighted by Gasteiger charge is 2.23. The monoisotopic (exact) mass is 319 g/mol. The van der Waals surface area contributed by atoms with Crippen LogP contribution in [0.25, 0.3) is 0 Å². The van der Waals surface area contributed by atoms with E-state index in [1.54, 1.807) is 6.07 Å². The van der Waals surface area contributed by atoms with Crippen molar-refractivity contribution >= 4 is 11.9 Å². The molecule has 0 saturated heterocycles. The second kappa shape index (κ2) is 7.09. The summed E-state index contributed by atoms with van der Waals surface area (Å²) in [5, 5.41) is 9.02. The Balaban J connectivity index is 2.24. The van der Waals surface area contributed by atoms with E-state index < -0.39 is 18.4 Å². The lowest BCUT2D eigenvalue weighted by molar-refractivity contribution is -0.137. The quantitative estimate of drug-likeness (QED) is 0.888. The maximum Gasteiger partial charge on any atom is 0.323 e. The highest BCUT2D eigenvalue weighted by atomic mass is 19.1. The first-order chi connectivity index (χ1) is 10.9. The summed E-state index contributed by atoms with van der Waals surface area (Å²) in [7, 11) is 0. The maximum absolute atomic E-state index is 13.0. The van der Waals surface area contributed by atoms with Crippen LogP contribution in [0.15, 0.2) is 34.7 Å². The maximum atomic E-state index is 13.0. The summed E-state index contributed by atoms with van der Waals surface area (Å²) in [5.74, 6) is -1.20. The van der Waals surface area contributed by atoms with Crippen LogP contribution in [0.5, 0.6) is 0 Å². The molecule has 23 heavy (non-hydrogen) atoms. The smallest absolute Gasteiger partial charge is 0.323 e. The van der Waals surface area contributed by atoms with Crippen LogP contribution in [-0.2, 0) is 17.8 Å². The highest BCUT2D eigenvalue weighted by Crippen LogP contribution is 2.18. The van der Waals surface area contributed by atoms with Crippen LogP contribution in [-0.4, -0.2) is 28.4 Å². The second-order valence-corrected chi connectivity index (χ2v) is 5.25. The standard InChI is InChI=1S/C17H18FNO4/c1-3-14-11(2)8-15(23-14)17(22)19(10-16(20)21)9-12-4-6-13(18)7-5-12/h4-8H,3,9-10H2,1-2H3,(H,20,21). The van der Waals surface area contributed by atoms with E-state index in [9.17, 15) is 14.0 Å².